The van der Waals surface area contributed by atoms with Gasteiger partial charge in [-0.05, 0) is 35.4 Å². The van der Waals surface area contributed by atoms with Crippen LogP contribution in [0.2, 0.25) is 0 Å². The first kappa shape index (κ1) is 13.3. The molecule has 6 heteroatoms. The van der Waals surface area contributed by atoms with E-state index in [-0.39, 0.29) is 5.56 Å². The number of rotatable bonds is 2. The van der Waals surface area contributed by atoms with E-state index in [1.165, 1.54) is 24.3 Å². The Hall–Kier alpha value is -2.11. The second kappa shape index (κ2) is 4.87. The van der Waals surface area contributed by atoms with Gasteiger partial charge in [-0.3, -0.25) is 0 Å². The molecule has 0 aromatic heterocycles. The lowest BCUT2D eigenvalue weighted by Gasteiger charge is -2.10. The molecular formula is C13H7F5O. The fourth-order valence-electron chi connectivity index (χ4n) is 1.56. The normalized spacial score (nSPS) is 11.4. The van der Waals surface area contributed by atoms with Crippen LogP contribution in [-0.2, 0) is 0 Å². The third-order valence-corrected chi connectivity index (χ3v) is 2.32. The summed E-state index contributed by atoms with van der Waals surface area (Å²) in [6.07, 6.45) is -4.96. The molecule has 0 aliphatic heterocycles. The quantitative estimate of drug-likeness (QED) is 0.731. The Kier molecular flexibility index (Phi) is 3.42. The van der Waals surface area contributed by atoms with E-state index in [1.807, 2.05) is 0 Å². The van der Waals surface area contributed by atoms with E-state index in [9.17, 15) is 22.0 Å². The lowest BCUT2D eigenvalue weighted by molar-refractivity contribution is -0.275. The Morgan fingerprint density at radius 3 is 2.11 bits per heavy atom. The molecule has 0 heterocycles. The summed E-state index contributed by atoms with van der Waals surface area (Å²) in [4.78, 5) is 0. The highest BCUT2D eigenvalue weighted by Crippen LogP contribution is 2.29. The molecule has 0 saturated heterocycles. The number of ether oxygens (including phenoxy) is 1. The average Bonchev–Trinajstić information content (AvgIpc) is 2.30. The molecule has 0 atom stereocenters. The van der Waals surface area contributed by atoms with Crippen molar-refractivity contribution in [2.75, 3.05) is 0 Å². The van der Waals surface area contributed by atoms with E-state index in [0.717, 1.165) is 18.2 Å². The summed E-state index contributed by atoms with van der Waals surface area (Å²) in [7, 11) is 0. The van der Waals surface area contributed by atoms with E-state index >= 15 is 0 Å². The van der Waals surface area contributed by atoms with Crippen LogP contribution in [0.1, 0.15) is 0 Å². The number of hydrogen-bond acceptors (Lipinski definition) is 1. The molecule has 0 aliphatic rings. The Labute approximate surface area is 105 Å². The molecule has 0 spiro atoms. The standard InChI is InChI=1S/C13H7F5O/c14-10-3-1-2-8(6-10)9-4-5-12(11(15)7-9)19-13(16,17)18/h1-7H. The highest BCUT2D eigenvalue weighted by atomic mass is 19.4. The number of halogens is 5. The largest absolute Gasteiger partial charge is 0.573 e. The summed E-state index contributed by atoms with van der Waals surface area (Å²) in [5.74, 6) is -2.61. The van der Waals surface area contributed by atoms with Crippen molar-refractivity contribution in [1.82, 2.24) is 0 Å². The first-order chi connectivity index (χ1) is 8.85. The fourth-order valence-corrected chi connectivity index (χ4v) is 1.56. The monoisotopic (exact) mass is 274 g/mol. The third-order valence-electron chi connectivity index (χ3n) is 2.32. The maximum atomic E-state index is 13.4. The molecule has 2 aromatic carbocycles. The van der Waals surface area contributed by atoms with Crippen LogP contribution in [0, 0.1) is 11.6 Å². The van der Waals surface area contributed by atoms with Gasteiger partial charge in [0.1, 0.15) is 5.82 Å². The molecular weight excluding hydrogens is 267 g/mol. The van der Waals surface area contributed by atoms with Crippen LogP contribution < -0.4 is 4.74 Å². The van der Waals surface area contributed by atoms with Crippen LogP contribution in [0.25, 0.3) is 11.1 Å². The van der Waals surface area contributed by atoms with E-state index in [2.05, 4.69) is 4.74 Å². The molecule has 0 unspecified atom stereocenters. The summed E-state index contributed by atoms with van der Waals surface area (Å²) in [6, 6.07) is 8.22. The molecule has 0 amide bonds. The zero-order valence-electron chi connectivity index (χ0n) is 9.34. The fraction of sp³-hybridized carbons (Fsp3) is 0.0769. The molecule has 0 radical (unpaired) electrons. The minimum atomic E-state index is -4.96. The Morgan fingerprint density at radius 2 is 1.53 bits per heavy atom. The second-order valence-electron chi connectivity index (χ2n) is 3.70. The number of alkyl halides is 3. The lowest BCUT2D eigenvalue weighted by Crippen LogP contribution is -2.17. The van der Waals surface area contributed by atoms with Gasteiger partial charge < -0.3 is 4.74 Å². The van der Waals surface area contributed by atoms with Crippen LogP contribution in [0.4, 0.5) is 22.0 Å². The summed E-state index contributed by atoms with van der Waals surface area (Å²) < 4.78 is 65.8. The van der Waals surface area contributed by atoms with Gasteiger partial charge in [0.05, 0.1) is 0 Å². The maximum Gasteiger partial charge on any atom is 0.573 e. The van der Waals surface area contributed by atoms with Gasteiger partial charge >= 0.3 is 6.36 Å². The van der Waals surface area contributed by atoms with Gasteiger partial charge in [0.15, 0.2) is 11.6 Å². The van der Waals surface area contributed by atoms with Gasteiger partial charge in [-0.1, -0.05) is 18.2 Å². The van der Waals surface area contributed by atoms with Crippen LogP contribution >= 0.6 is 0 Å². The molecule has 0 aliphatic carbocycles. The van der Waals surface area contributed by atoms with Crippen LogP contribution in [-0.4, -0.2) is 6.36 Å². The van der Waals surface area contributed by atoms with Crippen molar-refractivity contribution >= 4 is 0 Å². The average molecular weight is 274 g/mol. The molecule has 1 nitrogen and oxygen atoms in total. The van der Waals surface area contributed by atoms with Crippen molar-refractivity contribution in [2.45, 2.75) is 6.36 Å². The minimum absolute atomic E-state index is 0.256. The van der Waals surface area contributed by atoms with Gasteiger partial charge in [0.25, 0.3) is 0 Å². The lowest BCUT2D eigenvalue weighted by atomic mass is 10.1. The van der Waals surface area contributed by atoms with Gasteiger partial charge in [0, 0.05) is 0 Å². The SMILES string of the molecule is Fc1cccc(-c2ccc(OC(F)(F)F)c(F)c2)c1. The van der Waals surface area contributed by atoms with Crippen molar-refractivity contribution < 1.29 is 26.7 Å². The van der Waals surface area contributed by atoms with E-state index in [1.54, 1.807) is 0 Å². The first-order valence-corrected chi connectivity index (χ1v) is 5.16. The molecule has 2 rings (SSSR count). The molecule has 100 valence electrons. The Balaban J connectivity index is 2.34. The predicted octanol–water partition coefficient (Wildman–Crippen LogP) is 4.53. The van der Waals surface area contributed by atoms with E-state index in [4.69, 9.17) is 0 Å². The van der Waals surface area contributed by atoms with Crippen LogP contribution in [0.5, 0.6) is 5.75 Å². The molecule has 19 heavy (non-hydrogen) atoms. The van der Waals surface area contributed by atoms with Gasteiger partial charge in [0.2, 0.25) is 0 Å². The topological polar surface area (TPSA) is 9.23 Å². The van der Waals surface area contributed by atoms with Gasteiger partial charge in [-0.2, -0.15) is 0 Å². The van der Waals surface area contributed by atoms with E-state index < -0.39 is 23.7 Å². The number of hydrogen-bond donors (Lipinski definition) is 0. The summed E-state index contributed by atoms with van der Waals surface area (Å²) in [5.41, 5.74) is 0.615. The summed E-state index contributed by atoms with van der Waals surface area (Å²) in [5, 5.41) is 0. The molecule has 0 saturated carbocycles. The first-order valence-electron chi connectivity index (χ1n) is 5.16. The predicted molar refractivity (Wildman–Crippen MR) is 58.5 cm³/mol. The zero-order chi connectivity index (χ0) is 14.0. The summed E-state index contributed by atoms with van der Waals surface area (Å²) in [6.45, 7) is 0. The molecule has 0 fully saturated rings. The van der Waals surface area contributed by atoms with Gasteiger partial charge in [-0.15, -0.1) is 13.2 Å². The molecule has 2 aromatic rings. The van der Waals surface area contributed by atoms with Crippen LogP contribution in [0.3, 0.4) is 0 Å². The molecule has 0 bridgehead atoms. The molecule has 0 N–H and O–H groups in total. The van der Waals surface area contributed by atoms with Crippen molar-refractivity contribution in [3.8, 4) is 16.9 Å². The smallest absolute Gasteiger partial charge is 0.403 e. The third kappa shape index (κ3) is 3.43. The maximum absolute atomic E-state index is 13.4. The van der Waals surface area contributed by atoms with Crippen LogP contribution in [0.15, 0.2) is 42.5 Å². The summed E-state index contributed by atoms with van der Waals surface area (Å²) >= 11 is 0. The Bertz CT molecular complexity index is 592. The zero-order valence-corrected chi connectivity index (χ0v) is 9.34. The number of benzene rings is 2. The van der Waals surface area contributed by atoms with Crippen molar-refractivity contribution in [2.24, 2.45) is 0 Å². The minimum Gasteiger partial charge on any atom is -0.403 e. The Morgan fingerprint density at radius 1 is 0.842 bits per heavy atom. The van der Waals surface area contributed by atoms with Gasteiger partial charge in [-0.25, -0.2) is 8.78 Å². The van der Waals surface area contributed by atoms with Crippen molar-refractivity contribution in [3.63, 3.8) is 0 Å². The van der Waals surface area contributed by atoms with E-state index in [0.29, 0.717) is 5.56 Å². The second-order valence-corrected chi connectivity index (χ2v) is 3.70. The van der Waals surface area contributed by atoms with Crippen molar-refractivity contribution in [1.29, 1.82) is 0 Å². The highest BCUT2D eigenvalue weighted by molar-refractivity contribution is 5.64. The highest BCUT2D eigenvalue weighted by Gasteiger charge is 2.32. The van der Waals surface area contributed by atoms with Crippen molar-refractivity contribution in [3.05, 3.63) is 54.1 Å².